The number of nitrogens with one attached hydrogen (secondary N) is 2. The predicted octanol–water partition coefficient (Wildman–Crippen LogP) is 1.87. The Morgan fingerprint density at radius 1 is 1.25 bits per heavy atom. The molecule has 2 fully saturated rings. The molecular formula is C19H21FN4O3S. The third kappa shape index (κ3) is 3.85. The highest BCUT2D eigenvalue weighted by molar-refractivity contribution is 7.89. The second-order valence-corrected chi connectivity index (χ2v) is 8.98. The van der Waals surface area contributed by atoms with Crippen molar-refractivity contribution in [2.24, 2.45) is 5.92 Å². The number of sulfonamides is 1. The Bertz CT molecular complexity index is 970. The van der Waals surface area contributed by atoms with E-state index in [0.717, 1.165) is 6.42 Å². The zero-order valence-corrected chi connectivity index (χ0v) is 15.9. The van der Waals surface area contributed by atoms with Crippen LogP contribution < -0.4 is 10.0 Å². The first-order chi connectivity index (χ1) is 13.4. The van der Waals surface area contributed by atoms with Gasteiger partial charge in [0.2, 0.25) is 10.0 Å². The van der Waals surface area contributed by atoms with Gasteiger partial charge in [-0.05, 0) is 48.6 Å². The van der Waals surface area contributed by atoms with Crippen molar-refractivity contribution in [1.29, 1.82) is 0 Å². The van der Waals surface area contributed by atoms with Crippen molar-refractivity contribution in [2.45, 2.75) is 36.4 Å². The van der Waals surface area contributed by atoms with E-state index in [1.54, 1.807) is 23.1 Å². The molecule has 0 radical (unpaired) electrons. The molecule has 4 rings (SSSR count). The second-order valence-electron chi connectivity index (χ2n) is 7.26. The number of hydrogen-bond acceptors (Lipinski definition) is 4. The maximum Gasteiger partial charge on any atom is 0.317 e. The first-order valence-corrected chi connectivity index (χ1v) is 10.6. The van der Waals surface area contributed by atoms with Crippen LogP contribution in [-0.4, -0.2) is 43.0 Å². The van der Waals surface area contributed by atoms with Crippen LogP contribution in [0.4, 0.5) is 9.18 Å². The summed E-state index contributed by atoms with van der Waals surface area (Å²) in [7, 11) is -3.69. The number of hydrogen-bond donors (Lipinski definition) is 2. The molecule has 3 unspecified atom stereocenters. The van der Waals surface area contributed by atoms with E-state index in [9.17, 15) is 17.6 Å². The highest BCUT2D eigenvalue weighted by Gasteiger charge is 2.48. The van der Waals surface area contributed by atoms with E-state index in [1.165, 1.54) is 30.6 Å². The van der Waals surface area contributed by atoms with Crippen LogP contribution in [0.3, 0.4) is 0 Å². The van der Waals surface area contributed by atoms with Crippen LogP contribution in [0.5, 0.6) is 0 Å². The minimum Gasteiger partial charge on any atom is -0.334 e. The molecular weight excluding hydrogens is 383 g/mol. The normalized spacial score (nSPS) is 23.8. The molecule has 2 heterocycles. The summed E-state index contributed by atoms with van der Waals surface area (Å²) in [6.45, 7) is 0.821. The number of carbonyl (C=O) groups is 1. The van der Waals surface area contributed by atoms with E-state index < -0.39 is 10.0 Å². The molecule has 2 bridgehead atoms. The van der Waals surface area contributed by atoms with Crippen LogP contribution in [0.15, 0.2) is 53.7 Å². The van der Waals surface area contributed by atoms with Gasteiger partial charge in [-0.3, -0.25) is 4.98 Å². The van der Waals surface area contributed by atoms with Crippen molar-refractivity contribution in [2.75, 3.05) is 6.54 Å². The van der Waals surface area contributed by atoms with Gasteiger partial charge in [-0.2, -0.15) is 0 Å². The van der Waals surface area contributed by atoms with Crippen molar-refractivity contribution in [3.8, 4) is 0 Å². The molecule has 9 heteroatoms. The standard InChI is InChI=1S/C19H21FN4O3S/c20-15-4-1-3-13(7-15)10-22-19(25)24-12-14-8-17(18(24)9-14)23-28(26,27)16-5-2-6-21-11-16/h1-7,11,14,17-18,23H,8-10,12H2,(H,22,25). The Labute approximate surface area is 163 Å². The Balaban J connectivity index is 1.40. The van der Waals surface area contributed by atoms with E-state index in [2.05, 4.69) is 15.0 Å². The van der Waals surface area contributed by atoms with Crippen LogP contribution in [0.1, 0.15) is 18.4 Å². The summed E-state index contributed by atoms with van der Waals surface area (Å²) >= 11 is 0. The summed E-state index contributed by atoms with van der Waals surface area (Å²) in [5.41, 5.74) is 0.673. The van der Waals surface area contributed by atoms with E-state index in [1.807, 2.05) is 0 Å². The Hall–Kier alpha value is -2.52. The molecule has 0 spiro atoms. The number of halogens is 1. The van der Waals surface area contributed by atoms with Crippen molar-refractivity contribution in [3.05, 3.63) is 60.2 Å². The number of urea groups is 1. The number of pyridine rings is 1. The molecule has 1 saturated heterocycles. The summed E-state index contributed by atoms with van der Waals surface area (Å²) in [6, 6.07) is 8.34. The predicted molar refractivity (Wildman–Crippen MR) is 100 cm³/mol. The highest BCUT2D eigenvalue weighted by Crippen LogP contribution is 2.38. The Morgan fingerprint density at radius 3 is 2.82 bits per heavy atom. The second kappa shape index (κ2) is 7.48. The molecule has 28 heavy (non-hydrogen) atoms. The quantitative estimate of drug-likeness (QED) is 0.796. The van der Waals surface area contributed by atoms with Gasteiger partial charge in [0.15, 0.2) is 0 Å². The molecule has 2 aromatic rings. The summed E-state index contributed by atoms with van der Waals surface area (Å²) in [6.07, 6.45) is 4.30. The average molecular weight is 404 g/mol. The van der Waals surface area contributed by atoms with E-state index in [-0.39, 0.29) is 41.3 Å². The molecule has 1 aromatic carbocycles. The van der Waals surface area contributed by atoms with Crippen molar-refractivity contribution >= 4 is 16.1 Å². The molecule has 1 aliphatic heterocycles. The van der Waals surface area contributed by atoms with Crippen LogP contribution in [0.25, 0.3) is 0 Å². The average Bonchev–Trinajstić information content (AvgIpc) is 3.27. The number of likely N-dealkylation sites (tertiary alicyclic amines) is 1. The first-order valence-electron chi connectivity index (χ1n) is 9.13. The number of nitrogens with zero attached hydrogens (tertiary/aromatic N) is 2. The minimum absolute atomic E-state index is 0.111. The zero-order valence-electron chi connectivity index (χ0n) is 15.1. The lowest BCUT2D eigenvalue weighted by Gasteiger charge is -2.33. The molecule has 1 saturated carbocycles. The summed E-state index contributed by atoms with van der Waals surface area (Å²) in [5.74, 6) is -0.0802. The summed E-state index contributed by atoms with van der Waals surface area (Å²) in [4.78, 5) is 18.3. The van der Waals surface area contributed by atoms with Gasteiger partial charge in [-0.15, -0.1) is 0 Å². The summed E-state index contributed by atoms with van der Waals surface area (Å²) < 4.78 is 41.2. The number of fused-ring (bicyclic) bond motifs is 2. The van der Waals surface area contributed by atoms with Crippen LogP contribution in [0, 0.1) is 11.7 Å². The lowest BCUT2D eigenvalue weighted by atomic mass is 10.1. The van der Waals surface area contributed by atoms with Gasteiger partial charge in [0.1, 0.15) is 10.7 Å². The Kier molecular flexibility index (Phi) is 5.03. The summed E-state index contributed by atoms with van der Waals surface area (Å²) in [5, 5.41) is 2.80. The minimum atomic E-state index is -3.69. The van der Waals surface area contributed by atoms with Crippen molar-refractivity contribution in [1.82, 2.24) is 19.9 Å². The van der Waals surface area contributed by atoms with Crippen LogP contribution in [0.2, 0.25) is 0 Å². The van der Waals surface area contributed by atoms with Gasteiger partial charge in [0, 0.05) is 31.5 Å². The van der Waals surface area contributed by atoms with Gasteiger partial charge in [-0.25, -0.2) is 22.3 Å². The maximum absolute atomic E-state index is 13.3. The topological polar surface area (TPSA) is 91.4 Å². The maximum atomic E-state index is 13.3. The largest absolute Gasteiger partial charge is 0.334 e. The first kappa shape index (κ1) is 18.8. The van der Waals surface area contributed by atoms with Gasteiger partial charge < -0.3 is 10.2 Å². The number of amides is 2. The fraction of sp³-hybridized carbons (Fsp3) is 0.368. The number of rotatable bonds is 5. The monoisotopic (exact) mass is 404 g/mol. The molecule has 1 aromatic heterocycles. The fourth-order valence-electron chi connectivity index (χ4n) is 4.09. The smallest absolute Gasteiger partial charge is 0.317 e. The number of piperidine rings is 1. The van der Waals surface area contributed by atoms with Crippen LogP contribution in [-0.2, 0) is 16.6 Å². The third-order valence-electron chi connectivity index (χ3n) is 5.33. The lowest BCUT2D eigenvalue weighted by Crippen LogP contribution is -2.54. The number of aromatic nitrogens is 1. The van der Waals surface area contributed by atoms with E-state index in [0.29, 0.717) is 18.5 Å². The Morgan fingerprint density at radius 2 is 2.11 bits per heavy atom. The highest BCUT2D eigenvalue weighted by atomic mass is 32.2. The number of carbonyl (C=O) groups excluding carboxylic acids is 1. The molecule has 2 amide bonds. The molecule has 2 aliphatic rings. The van der Waals surface area contributed by atoms with Crippen LogP contribution >= 0.6 is 0 Å². The van der Waals surface area contributed by atoms with Crippen molar-refractivity contribution in [3.63, 3.8) is 0 Å². The fourth-order valence-corrected chi connectivity index (χ4v) is 5.33. The molecule has 2 N–H and O–H groups in total. The van der Waals surface area contributed by atoms with Gasteiger partial charge in [-0.1, -0.05) is 12.1 Å². The molecule has 1 aliphatic carbocycles. The van der Waals surface area contributed by atoms with E-state index >= 15 is 0 Å². The van der Waals surface area contributed by atoms with Gasteiger partial charge in [0.25, 0.3) is 0 Å². The van der Waals surface area contributed by atoms with Gasteiger partial charge in [0.05, 0.1) is 6.04 Å². The zero-order chi connectivity index (χ0) is 19.7. The SMILES string of the molecule is O=C(NCc1cccc(F)c1)N1CC2CC(NS(=O)(=O)c3cccnc3)C1C2. The number of benzene rings is 1. The van der Waals surface area contributed by atoms with Gasteiger partial charge >= 0.3 is 6.03 Å². The van der Waals surface area contributed by atoms with E-state index in [4.69, 9.17) is 0 Å². The third-order valence-corrected chi connectivity index (χ3v) is 6.80. The molecule has 3 atom stereocenters. The molecule has 7 nitrogen and oxygen atoms in total. The lowest BCUT2D eigenvalue weighted by molar-refractivity contribution is 0.170. The van der Waals surface area contributed by atoms with Crippen molar-refractivity contribution < 1.29 is 17.6 Å². The molecule has 148 valence electrons.